The van der Waals surface area contributed by atoms with Crippen LogP contribution in [0.5, 0.6) is 5.75 Å². The summed E-state index contributed by atoms with van der Waals surface area (Å²) in [6, 6.07) is 17.7. The third-order valence-corrected chi connectivity index (χ3v) is 4.85. The van der Waals surface area contributed by atoms with Crippen LogP contribution in [-0.2, 0) is 16.0 Å². The molecule has 0 saturated carbocycles. The summed E-state index contributed by atoms with van der Waals surface area (Å²) in [7, 11) is 3.23. The van der Waals surface area contributed by atoms with Crippen molar-refractivity contribution in [3.05, 3.63) is 60.2 Å². The van der Waals surface area contributed by atoms with E-state index in [2.05, 4.69) is 17.4 Å². The van der Waals surface area contributed by atoms with Gasteiger partial charge in [0.25, 0.3) is 0 Å². The van der Waals surface area contributed by atoms with Gasteiger partial charge in [0.1, 0.15) is 5.75 Å². The van der Waals surface area contributed by atoms with E-state index in [-0.39, 0.29) is 30.9 Å². The minimum absolute atomic E-state index is 0.0172. The molecule has 0 radical (unpaired) electrons. The van der Waals surface area contributed by atoms with Gasteiger partial charge in [0, 0.05) is 31.4 Å². The Hall–Kier alpha value is -2.86. The number of carbonyl (C=O) groups is 2. The van der Waals surface area contributed by atoms with Crippen molar-refractivity contribution in [2.75, 3.05) is 38.7 Å². The molecule has 27 heavy (non-hydrogen) atoms. The number of nitrogens with one attached hydrogen (secondary N) is 1. The number of rotatable bonds is 6. The van der Waals surface area contributed by atoms with Crippen LogP contribution in [0.3, 0.4) is 0 Å². The van der Waals surface area contributed by atoms with E-state index in [9.17, 15) is 9.59 Å². The van der Waals surface area contributed by atoms with E-state index in [1.807, 2.05) is 47.4 Å². The molecule has 1 atom stereocenters. The average molecular weight is 367 g/mol. The molecule has 1 saturated heterocycles. The monoisotopic (exact) mass is 367 g/mol. The third-order valence-electron chi connectivity index (χ3n) is 4.85. The molecule has 0 spiro atoms. The molecule has 0 aromatic heterocycles. The maximum atomic E-state index is 12.8. The molecule has 1 aliphatic heterocycles. The number of hydrogen-bond donors (Lipinski definition) is 1. The first-order valence-corrected chi connectivity index (χ1v) is 9.03. The van der Waals surface area contributed by atoms with Crippen LogP contribution in [0.1, 0.15) is 5.56 Å². The number of carbonyl (C=O) groups excluding carboxylic acids is 2. The fourth-order valence-corrected chi connectivity index (χ4v) is 3.37. The Kier molecular flexibility index (Phi) is 6.08. The number of methoxy groups -OCH3 is 1. The van der Waals surface area contributed by atoms with Gasteiger partial charge >= 0.3 is 0 Å². The average Bonchev–Trinajstić information content (AvgIpc) is 2.70. The summed E-state index contributed by atoms with van der Waals surface area (Å²) in [4.78, 5) is 28.5. The normalized spacial score (nSPS) is 17.6. The van der Waals surface area contributed by atoms with Crippen molar-refractivity contribution in [1.82, 2.24) is 10.2 Å². The minimum Gasteiger partial charge on any atom is -0.497 e. The molecule has 0 aliphatic carbocycles. The Labute approximate surface area is 159 Å². The molecule has 2 amide bonds. The zero-order chi connectivity index (χ0) is 19.2. The summed E-state index contributed by atoms with van der Waals surface area (Å²) in [5.41, 5.74) is 2.00. The SMILES string of the molecule is CNC(=O)CN1CC(=O)N(c2cccc(OC)c2)CC1Cc1ccccc1. The van der Waals surface area contributed by atoms with E-state index < -0.39 is 0 Å². The number of nitrogens with zero attached hydrogens (tertiary/aromatic N) is 2. The van der Waals surface area contributed by atoms with Crippen molar-refractivity contribution in [3.8, 4) is 5.75 Å². The van der Waals surface area contributed by atoms with Crippen molar-refractivity contribution < 1.29 is 14.3 Å². The van der Waals surface area contributed by atoms with E-state index >= 15 is 0 Å². The second kappa shape index (κ2) is 8.68. The summed E-state index contributed by atoms with van der Waals surface area (Å²) in [5, 5.41) is 2.65. The number of ether oxygens (including phenoxy) is 1. The van der Waals surface area contributed by atoms with Gasteiger partial charge in [0.15, 0.2) is 0 Å². The zero-order valence-electron chi connectivity index (χ0n) is 15.7. The van der Waals surface area contributed by atoms with Gasteiger partial charge in [-0.3, -0.25) is 14.5 Å². The fraction of sp³-hybridized carbons (Fsp3) is 0.333. The molecule has 0 bridgehead atoms. The molecule has 2 aromatic carbocycles. The standard InChI is InChI=1S/C21H25N3O3/c1-22-20(25)14-23-15-21(26)24(17-9-6-10-19(12-17)27-2)13-18(23)11-16-7-4-3-5-8-16/h3-10,12,18H,11,13-15H2,1-2H3,(H,22,25). The quantitative estimate of drug-likeness (QED) is 0.844. The first kappa shape index (κ1) is 18.9. The number of amides is 2. The number of anilines is 1. The van der Waals surface area contributed by atoms with Crippen molar-refractivity contribution in [2.24, 2.45) is 0 Å². The molecule has 142 valence electrons. The van der Waals surface area contributed by atoms with Gasteiger partial charge in [-0.1, -0.05) is 36.4 Å². The van der Waals surface area contributed by atoms with Crippen molar-refractivity contribution in [3.63, 3.8) is 0 Å². The van der Waals surface area contributed by atoms with Gasteiger partial charge in [-0.25, -0.2) is 0 Å². The molecule has 1 N–H and O–H groups in total. The summed E-state index contributed by atoms with van der Waals surface area (Å²) >= 11 is 0. The molecule has 1 unspecified atom stereocenters. The highest BCUT2D eigenvalue weighted by atomic mass is 16.5. The first-order valence-electron chi connectivity index (χ1n) is 9.03. The van der Waals surface area contributed by atoms with E-state index in [0.717, 1.165) is 12.1 Å². The first-order chi connectivity index (χ1) is 13.1. The van der Waals surface area contributed by atoms with Crippen LogP contribution in [0.4, 0.5) is 5.69 Å². The van der Waals surface area contributed by atoms with Crippen molar-refractivity contribution >= 4 is 17.5 Å². The second-order valence-electron chi connectivity index (χ2n) is 6.63. The predicted octanol–water partition coefficient (Wildman–Crippen LogP) is 1.70. The van der Waals surface area contributed by atoms with Gasteiger partial charge in [-0.05, 0) is 24.1 Å². The van der Waals surface area contributed by atoms with Crippen molar-refractivity contribution in [1.29, 1.82) is 0 Å². The molecule has 6 nitrogen and oxygen atoms in total. The molecule has 1 heterocycles. The Morgan fingerprint density at radius 3 is 2.67 bits per heavy atom. The lowest BCUT2D eigenvalue weighted by molar-refractivity contribution is -0.126. The largest absolute Gasteiger partial charge is 0.497 e. The van der Waals surface area contributed by atoms with E-state index in [1.54, 1.807) is 19.1 Å². The maximum absolute atomic E-state index is 12.8. The Balaban J connectivity index is 1.84. The number of hydrogen-bond acceptors (Lipinski definition) is 4. The Bertz CT molecular complexity index is 794. The third kappa shape index (κ3) is 4.65. The molecular formula is C21H25N3O3. The van der Waals surface area contributed by atoms with Crippen LogP contribution in [0.25, 0.3) is 0 Å². The number of likely N-dealkylation sites (N-methyl/N-ethyl adjacent to an activating group) is 1. The van der Waals surface area contributed by atoms with Gasteiger partial charge in [0.05, 0.1) is 20.2 Å². The lowest BCUT2D eigenvalue weighted by atomic mass is 10.0. The molecule has 1 aliphatic rings. The van der Waals surface area contributed by atoms with Crippen LogP contribution >= 0.6 is 0 Å². The highest BCUT2D eigenvalue weighted by molar-refractivity contribution is 5.96. The molecule has 2 aromatic rings. The van der Waals surface area contributed by atoms with Crippen LogP contribution in [0.15, 0.2) is 54.6 Å². The van der Waals surface area contributed by atoms with Gasteiger partial charge in [-0.2, -0.15) is 0 Å². The number of piperazine rings is 1. The highest BCUT2D eigenvalue weighted by Crippen LogP contribution is 2.25. The highest BCUT2D eigenvalue weighted by Gasteiger charge is 2.33. The summed E-state index contributed by atoms with van der Waals surface area (Å²) in [5.74, 6) is 0.611. The van der Waals surface area contributed by atoms with Crippen LogP contribution < -0.4 is 15.0 Å². The molecular weight excluding hydrogens is 342 g/mol. The van der Waals surface area contributed by atoms with Gasteiger partial charge in [0.2, 0.25) is 11.8 Å². The van der Waals surface area contributed by atoms with Crippen LogP contribution in [0, 0.1) is 0 Å². The lowest BCUT2D eigenvalue weighted by Crippen LogP contribution is -2.58. The Morgan fingerprint density at radius 2 is 1.96 bits per heavy atom. The molecule has 1 fully saturated rings. The maximum Gasteiger partial charge on any atom is 0.241 e. The smallest absolute Gasteiger partial charge is 0.241 e. The van der Waals surface area contributed by atoms with Crippen molar-refractivity contribution in [2.45, 2.75) is 12.5 Å². The van der Waals surface area contributed by atoms with E-state index in [1.165, 1.54) is 5.56 Å². The number of benzene rings is 2. The fourth-order valence-electron chi connectivity index (χ4n) is 3.37. The van der Waals surface area contributed by atoms with E-state index in [0.29, 0.717) is 12.3 Å². The van der Waals surface area contributed by atoms with Gasteiger partial charge < -0.3 is 15.0 Å². The van der Waals surface area contributed by atoms with E-state index in [4.69, 9.17) is 4.74 Å². The lowest BCUT2D eigenvalue weighted by Gasteiger charge is -2.40. The van der Waals surface area contributed by atoms with Crippen LogP contribution in [0.2, 0.25) is 0 Å². The summed E-state index contributed by atoms with van der Waals surface area (Å²) in [6.45, 7) is 0.950. The van der Waals surface area contributed by atoms with Gasteiger partial charge in [-0.15, -0.1) is 0 Å². The summed E-state index contributed by atoms with van der Waals surface area (Å²) in [6.07, 6.45) is 0.769. The topological polar surface area (TPSA) is 61.9 Å². The summed E-state index contributed by atoms with van der Waals surface area (Å²) < 4.78 is 5.29. The molecule has 6 heteroatoms. The zero-order valence-corrected chi connectivity index (χ0v) is 15.7. The minimum atomic E-state index is -0.0873. The van der Waals surface area contributed by atoms with Crippen LogP contribution in [-0.4, -0.2) is 56.5 Å². The molecule has 3 rings (SSSR count). The Morgan fingerprint density at radius 1 is 1.19 bits per heavy atom. The predicted molar refractivity (Wildman–Crippen MR) is 105 cm³/mol. The second-order valence-corrected chi connectivity index (χ2v) is 6.63.